The highest BCUT2D eigenvalue weighted by Gasteiger charge is 2.07. The van der Waals surface area contributed by atoms with Crippen LogP contribution in [0.25, 0.3) is 16.9 Å². The summed E-state index contributed by atoms with van der Waals surface area (Å²) in [5, 5.41) is 4.58. The van der Waals surface area contributed by atoms with Crippen LogP contribution in [0.1, 0.15) is 5.69 Å². The molecule has 0 aliphatic heterocycles. The number of imidazole rings is 1. The summed E-state index contributed by atoms with van der Waals surface area (Å²) in [6.45, 7) is 0.424. The van der Waals surface area contributed by atoms with E-state index >= 15 is 0 Å². The molecule has 90 valence electrons. The third-order valence-corrected chi connectivity index (χ3v) is 3.48. The lowest BCUT2D eigenvalue weighted by atomic mass is 10.1. The molecule has 0 amide bonds. The molecule has 2 N–H and O–H groups in total. The molecule has 3 aromatic rings. The normalized spacial score (nSPS) is 11.0. The van der Waals surface area contributed by atoms with Crippen LogP contribution in [0, 0.1) is 0 Å². The minimum atomic E-state index is 0.424. The molecule has 0 saturated heterocycles. The summed E-state index contributed by atoms with van der Waals surface area (Å²) < 4.78 is 2.81. The van der Waals surface area contributed by atoms with Gasteiger partial charge in [0.1, 0.15) is 0 Å². The molecule has 3 rings (SSSR count). The van der Waals surface area contributed by atoms with E-state index in [9.17, 15) is 0 Å². The molecule has 0 radical (unpaired) electrons. The number of aromatic nitrogens is 3. The fourth-order valence-corrected chi connectivity index (χ4v) is 2.36. The van der Waals surface area contributed by atoms with Crippen molar-refractivity contribution in [1.29, 1.82) is 0 Å². The highest BCUT2D eigenvalue weighted by atomic mass is 79.9. The Morgan fingerprint density at radius 2 is 2.00 bits per heavy atom. The van der Waals surface area contributed by atoms with Crippen LogP contribution in [-0.4, -0.2) is 14.6 Å². The molecule has 0 fully saturated rings. The summed E-state index contributed by atoms with van der Waals surface area (Å²) in [7, 11) is 0. The van der Waals surface area contributed by atoms with Gasteiger partial charge in [0.05, 0.1) is 17.6 Å². The van der Waals surface area contributed by atoms with Crippen LogP contribution in [0.15, 0.2) is 47.1 Å². The minimum Gasteiger partial charge on any atom is -0.325 e. The zero-order valence-electron chi connectivity index (χ0n) is 9.55. The van der Waals surface area contributed by atoms with E-state index in [-0.39, 0.29) is 0 Å². The van der Waals surface area contributed by atoms with Crippen molar-refractivity contribution >= 4 is 21.6 Å². The fraction of sp³-hybridized carbons (Fsp3) is 0.0769. The second kappa shape index (κ2) is 4.51. The van der Waals surface area contributed by atoms with Crippen molar-refractivity contribution in [3.63, 3.8) is 0 Å². The number of benzene rings is 1. The van der Waals surface area contributed by atoms with E-state index in [0.29, 0.717) is 6.54 Å². The molecule has 0 unspecified atom stereocenters. The summed E-state index contributed by atoms with van der Waals surface area (Å²) in [6, 6.07) is 11.9. The molecule has 2 aromatic heterocycles. The third kappa shape index (κ3) is 1.81. The van der Waals surface area contributed by atoms with Gasteiger partial charge in [-0.3, -0.25) is 0 Å². The predicted molar refractivity (Wildman–Crippen MR) is 74.0 cm³/mol. The van der Waals surface area contributed by atoms with Gasteiger partial charge in [-0.25, -0.2) is 9.50 Å². The number of fused-ring (bicyclic) bond motifs is 1. The van der Waals surface area contributed by atoms with Gasteiger partial charge in [-0.05, 0) is 18.2 Å². The summed E-state index contributed by atoms with van der Waals surface area (Å²) >= 11 is 3.53. The summed E-state index contributed by atoms with van der Waals surface area (Å²) in [5.41, 5.74) is 9.33. The van der Waals surface area contributed by atoms with Crippen molar-refractivity contribution in [1.82, 2.24) is 14.6 Å². The van der Waals surface area contributed by atoms with Crippen molar-refractivity contribution in [2.75, 3.05) is 0 Å². The number of nitrogens with zero attached hydrogens (tertiary/aromatic N) is 3. The molecule has 1 aromatic carbocycles. The summed E-state index contributed by atoms with van der Waals surface area (Å²) in [5.74, 6) is 0. The zero-order chi connectivity index (χ0) is 12.5. The Morgan fingerprint density at radius 3 is 2.78 bits per heavy atom. The molecule has 18 heavy (non-hydrogen) atoms. The molecule has 5 heteroatoms. The van der Waals surface area contributed by atoms with E-state index in [1.165, 1.54) is 0 Å². The van der Waals surface area contributed by atoms with E-state index < -0.39 is 0 Å². The van der Waals surface area contributed by atoms with Gasteiger partial charge in [0.2, 0.25) is 0 Å². The monoisotopic (exact) mass is 302 g/mol. The molecule has 0 saturated carbocycles. The molecule has 0 bridgehead atoms. The lowest BCUT2D eigenvalue weighted by molar-refractivity contribution is 0.849. The maximum absolute atomic E-state index is 5.67. The third-order valence-electron chi connectivity index (χ3n) is 2.79. The first-order valence-electron chi connectivity index (χ1n) is 5.58. The van der Waals surface area contributed by atoms with E-state index in [1.54, 1.807) is 10.7 Å². The van der Waals surface area contributed by atoms with Crippen molar-refractivity contribution in [3.8, 4) is 11.3 Å². The van der Waals surface area contributed by atoms with Crippen LogP contribution in [0.3, 0.4) is 0 Å². The first-order valence-corrected chi connectivity index (χ1v) is 6.37. The van der Waals surface area contributed by atoms with Crippen molar-refractivity contribution in [2.24, 2.45) is 5.73 Å². The van der Waals surface area contributed by atoms with Gasteiger partial charge in [0.25, 0.3) is 0 Å². The van der Waals surface area contributed by atoms with Gasteiger partial charge < -0.3 is 5.73 Å². The Bertz CT molecular complexity index is 705. The second-order valence-corrected chi connectivity index (χ2v) is 4.78. The second-order valence-electron chi connectivity index (χ2n) is 3.92. The number of hydrogen-bond acceptors (Lipinski definition) is 3. The Hall–Kier alpha value is -1.72. The molecule has 2 heterocycles. The first-order chi connectivity index (χ1) is 8.79. The maximum Gasteiger partial charge on any atom is 0.153 e. The maximum atomic E-state index is 5.67. The van der Waals surface area contributed by atoms with E-state index in [0.717, 1.165) is 27.1 Å². The van der Waals surface area contributed by atoms with E-state index in [4.69, 9.17) is 5.73 Å². The van der Waals surface area contributed by atoms with Crippen molar-refractivity contribution in [3.05, 3.63) is 52.8 Å². The molecule has 0 aliphatic rings. The average molecular weight is 303 g/mol. The van der Waals surface area contributed by atoms with E-state index in [2.05, 4.69) is 26.0 Å². The van der Waals surface area contributed by atoms with Gasteiger partial charge >= 0.3 is 0 Å². The molecular weight excluding hydrogens is 292 g/mol. The smallest absolute Gasteiger partial charge is 0.153 e. The number of rotatable bonds is 2. The van der Waals surface area contributed by atoms with Crippen molar-refractivity contribution in [2.45, 2.75) is 6.54 Å². The van der Waals surface area contributed by atoms with Crippen LogP contribution in [0.2, 0.25) is 0 Å². The highest BCUT2D eigenvalue weighted by Crippen LogP contribution is 2.26. The SMILES string of the molecule is NCc1cnc2ccc(-c3ccccc3Br)nn12. The first kappa shape index (κ1) is 11.4. The lowest BCUT2D eigenvalue weighted by Gasteiger charge is -2.05. The molecule has 0 atom stereocenters. The Balaban J connectivity index is 2.21. The largest absolute Gasteiger partial charge is 0.325 e. The Labute approximate surface area is 113 Å². The molecule has 4 nitrogen and oxygen atoms in total. The number of hydrogen-bond donors (Lipinski definition) is 1. The zero-order valence-corrected chi connectivity index (χ0v) is 11.1. The van der Waals surface area contributed by atoms with Crippen LogP contribution in [0.5, 0.6) is 0 Å². The van der Waals surface area contributed by atoms with Crippen molar-refractivity contribution < 1.29 is 0 Å². The number of nitrogens with two attached hydrogens (primary N) is 1. The topological polar surface area (TPSA) is 56.2 Å². The van der Waals surface area contributed by atoms with Gasteiger partial charge in [0, 0.05) is 16.6 Å². The predicted octanol–water partition coefficient (Wildman–Crippen LogP) is 2.62. The van der Waals surface area contributed by atoms with Crippen LogP contribution >= 0.6 is 15.9 Å². The Kier molecular flexibility index (Phi) is 2.85. The van der Waals surface area contributed by atoms with Crippen LogP contribution in [-0.2, 0) is 6.54 Å². The van der Waals surface area contributed by atoms with Gasteiger partial charge in [-0.15, -0.1) is 0 Å². The quantitative estimate of drug-likeness (QED) is 0.792. The minimum absolute atomic E-state index is 0.424. The molecular formula is C13H11BrN4. The summed E-state index contributed by atoms with van der Waals surface area (Å²) in [6.07, 6.45) is 1.76. The van der Waals surface area contributed by atoms with Crippen LogP contribution < -0.4 is 5.73 Å². The van der Waals surface area contributed by atoms with Gasteiger partial charge in [-0.2, -0.15) is 5.10 Å². The average Bonchev–Trinajstić information content (AvgIpc) is 2.81. The van der Waals surface area contributed by atoms with Crippen LogP contribution in [0.4, 0.5) is 0 Å². The van der Waals surface area contributed by atoms with Gasteiger partial charge in [-0.1, -0.05) is 34.1 Å². The number of halogens is 1. The standard InChI is InChI=1S/C13H11BrN4/c14-11-4-2-1-3-10(11)12-5-6-13-16-8-9(7-15)18(13)17-12/h1-6,8H,7,15H2. The molecule has 0 aliphatic carbocycles. The van der Waals surface area contributed by atoms with Gasteiger partial charge in [0.15, 0.2) is 5.65 Å². The highest BCUT2D eigenvalue weighted by molar-refractivity contribution is 9.10. The Morgan fingerprint density at radius 1 is 1.17 bits per heavy atom. The van der Waals surface area contributed by atoms with E-state index in [1.807, 2.05) is 36.4 Å². The molecule has 0 spiro atoms. The lowest BCUT2D eigenvalue weighted by Crippen LogP contribution is -2.04. The fourth-order valence-electron chi connectivity index (χ4n) is 1.87. The summed E-state index contributed by atoms with van der Waals surface area (Å²) in [4.78, 5) is 4.26.